The number of piperazine rings is 1. The molecular weight excluding hydrogens is 532 g/mol. The summed E-state index contributed by atoms with van der Waals surface area (Å²) < 4.78 is 7.95. The van der Waals surface area contributed by atoms with E-state index in [1.54, 1.807) is 21.7 Å². The molecule has 0 aliphatic carbocycles. The minimum absolute atomic E-state index is 0.189. The predicted octanol–water partition coefficient (Wildman–Crippen LogP) is 3.16. The van der Waals surface area contributed by atoms with Gasteiger partial charge >= 0.3 is 6.01 Å². The number of aromatic nitrogens is 4. The Labute approximate surface area is 244 Å². The highest BCUT2D eigenvalue weighted by molar-refractivity contribution is 5.88. The van der Waals surface area contributed by atoms with Crippen molar-refractivity contribution < 1.29 is 14.6 Å². The van der Waals surface area contributed by atoms with Crippen LogP contribution in [0.2, 0.25) is 0 Å². The molecule has 4 aromatic rings. The Morgan fingerprint density at radius 3 is 2.86 bits per heavy atom. The fourth-order valence-electron chi connectivity index (χ4n) is 6.07. The molecular formula is C31H34N8O3. The van der Waals surface area contributed by atoms with Crippen molar-refractivity contribution >= 4 is 28.1 Å². The van der Waals surface area contributed by atoms with E-state index in [9.17, 15) is 15.2 Å². The molecule has 2 aromatic carbocycles. The normalized spacial score (nSPS) is 19.3. The van der Waals surface area contributed by atoms with Crippen LogP contribution in [0.15, 0.2) is 55.3 Å². The zero-order valence-electron chi connectivity index (χ0n) is 23.7. The fraction of sp³-hybridized carbons (Fsp3) is 0.387. The van der Waals surface area contributed by atoms with Crippen LogP contribution in [0, 0.1) is 11.3 Å². The van der Waals surface area contributed by atoms with Gasteiger partial charge in [-0.2, -0.15) is 10.2 Å². The maximum atomic E-state index is 12.5. The first-order chi connectivity index (χ1) is 20.5. The molecule has 0 spiro atoms. The molecule has 2 saturated heterocycles. The number of nitriles is 1. The number of aromatic hydroxyl groups is 1. The molecule has 6 rings (SSSR count). The summed E-state index contributed by atoms with van der Waals surface area (Å²) in [5, 5.41) is 27.1. The molecule has 0 saturated carbocycles. The van der Waals surface area contributed by atoms with E-state index in [0.717, 1.165) is 41.4 Å². The van der Waals surface area contributed by atoms with Gasteiger partial charge in [0.05, 0.1) is 30.4 Å². The Bertz CT molecular complexity index is 1680. The number of phenolic OH excluding ortho intramolecular Hbond substituents is 1. The van der Waals surface area contributed by atoms with Crippen LogP contribution >= 0.6 is 0 Å². The highest BCUT2D eigenvalue weighted by Gasteiger charge is 2.32. The van der Waals surface area contributed by atoms with Crippen molar-refractivity contribution in [3.63, 3.8) is 0 Å². The molecule has 4 heterocycles. The molecule has 42 heavy (non-hydrogen) atoms. The van der Waals surface area contributed by atoms with E-state index in [2.05, 4.69) is 24.6 Å². The number of likely N-dealkylation sites (N-methyl/N-ethyl adjacent to an activating group) is 1. The molecule has 2 atom stereocenters. The third kappa shape index (κ3) is 5.21. The maximum absolute atomic E-state index is 12.5. The van der Waals surface area contributed by atoms with Crippen LogP contribution in [-0.4, -0.2) is 92.3 Å². The van der Waals surface area contributed by atoms with E-state index in [1.807, 2.05) is 35.2 Å². The zero-order valence-corrected chi connectivity index (χ0v) is 23.7. The lowest BCUT2D eigenvalue weighted by Crippen LogP contribution is -2.55. The molecule has 0 bridgehead atoms. The van der Waals surface area contributed by atoms with Gasteiger partial charge in [-0.25, -0.2) is 9.50 Å². The average molecular weight is 567 g/mol. The highest BCUT2D eigenvalue weighted by Crippen LogP contribution is 2.31. The number of amides is 1. The maximum Gasteiger partial charge on any atom is 0.336 e. The van der Waals surface area contributed by atoms with Crippen LogP contribution in [0.1, 0.15) is 30.5 Å². The van der Waals surface area contributed by atoms with Crippen LogP contribution in [0.3, 0.4) is 0 Å². The Balaban J connectivity index is 1.39. The third-order valence-corrected chi connectivity index (χ3v) is 8.41. The number of hydrogen-bond acceptors (Lipinski definition) is 9. The number of carbonyl (C=O) groups excluding carboxylic acids is 1. The standard InChI is InChI=1S/C31H34N8O3/c1-3-28(41)38-16-15-37(19-22(38)12-13-32)30-29-33-18-24(17-26-25-9-5-4-7-21(25)10-11-27(26)40)39(29)35-31(34-30)42-20-23-8-6-14-36(23)2/h3-5,7,9-11,18,22-23,40H,1,6,8,12,14-17,19-20H2,2H3/t22-,23-/m0/s1. The number of carbonyl (C=O) groups is 1. The Morgan fingerprint density at radius 1 is 1.21 bits per heavy atom. The van der Waals surface area contributed by atoms with Crippen molar-refractivity contribution in [2.24, 2.45) is 0 Å². The SMILES string of the molecule is C=CC(=O)N1CCN(c2nc(OC[C@@H]3CCCN3C)nn3c(Cc4c(O)ccc5ccccc45)cnc23)C[C@@H]1CC#N. The summed E-state index contributed by atoms with van der Waals surface area (Å²) in [5.41, 5.74) is 2.11. The second-order valence-electron chi connectivity index (χ2n) is 10.9. The quantitative estimate of drug-likeness (QED) is 0.320. The molecule has 0 radical (unpaired) electrons. The minimum atomic E-state index is -0.317. The summed E-state index contributed by atoms with van der Waals surface area (Å²) in [6.07, 6.45) is 5.82. The van der Waals surface area contributed by atoms with Gasteiger partial charge in [0, 0.05) is 37.7 Å². The molecule has 2 aromatic heterocycles. The summed E-state index contributed by atoms with van der Waals surface area (Å²) in [7, 11) is 2.10. The van der Waals surface area contributed by atoms with E-state index in [-0.39, 0.29) is 36.2 Å². The molecule has 2 aliphatic rings. The smallest absolute Gasteiger partial charge is 0.336 e. The van der Waals surface area contributed by atoms with Crippen molar-refractivity contribution in [1.82, 2.24) is 29.4 Å². The molecule has 2 aliphatic heterocycles. The Hall–Kier alpha value is -4.69. The van der Waals surface area contributed by atoms with Crippen molar-refractivity contribution in [3.05, 3.63) is 66.5 Å². The number of fused-ring (bicyclic) bond motifs is 2. The first-order valence-electron chi connectivity index (χ1n) is 14.3. The Morgan fingerprint density at radius 2 is 2.07 bits per heavy atom. The summed E-state index contributed by atoms with van der Waals surface area (Å²) >= 11 is 0. The highest BCUT2D eigenvalue weighted by atomic mass is 16.5. The van der Waals surface area contributed by atoms with Crippen molar-refractivity contribution in [3.8, 4) is 17.8 Å². The molecule has 1 amide bonds. The number of rotatable bonds is 8. The second kappa shape index (κ2) is 11.7. The van der Waals surface area contributed by atoms with Crippen LogP contribution in [0.4, 0.5) is 5.82 Å². The number of nitrogens with zero attached hydrogens (tertiary/aromatic N) is 8. The van der Waals surface area contributed by atoms with Gasteiger partial charge < -0.3 is 24.5 Å². The van der Waals surface area contributed by atoms with Gasteiger partial charge in [-0.3, -0.25) is 4.79 Å². The number of imidazole rings is 1. The average Bonchev–Trinajstić information content (AvgIpc) is 3.62. The largest absolute Gasteiger partial charge is 0.508 e. The third-order valence-electron chi connectivity index (χ3n) is 8.41. The molecule has 2 fully saturated rings. The lowest BCUT2D eigenvalue weighted by molar-refractivity contribution is -0.128. The summed E-state index contributed by atoms with van der Waals surface area (Å²) in [6.45, 7) is 6.47. The summed E-state index contributed by atoms with van der Waals surface area (Å²) in [5.74, 6) is 0.605. The van der Waals surface area contributed by atoms with Crippen LogP contribution in [0.25, 0.3) is 16.4 Å². The van der Waals surface area contributed by atoms with Gasteiger partial charge in [0.25, 0.3) is 0 Å². The number of anilines is 1. The summed E-state index contributed by atoms with van der Waals surface area (Å²) in [6, 6.07) is 14.0. The fourth-order valence-corrected chi connectivity index (χ4v) is 6.07. The number of phenols is 1. The van der Waals surface area contributed by atoms with Crippen molar-refractivity contribution in [1.29, 1.82) is 5.26 Å². The molecule has 216 valence electrons. The van der Waals surface area contributed by atoms with Gasteiger partial charge in [0.15, 0.2) is 11.5 Å². The van der Waals surface area contributed by atoms with Gasteiger partial charge in [-0.05, 0) is 49.3 Å². The number of likely N-dealkylation sites (tertiary alicyclic amines) is 1. The van der Waals surface area contributed by atoms with E-state index in [0.29, 0.717) is 44.1 Å². The van der Waals surface area contributed by atoms with E-state index in [4.69, 9.17) is 19.8 Å². The topological polar surface area (TPSA) is 123 Å². The molecule has 1 N–H and O–H groups in total. The Kier molecular flexibility index (Phi) is 7.63. The van der Waals surface area contributed by atoms with Crippen LogP contribution < -0.4 is 9.64 Å². The van der Waals surface area contributed by atoms with E-state index >= 15 is 0 Å². The number of ether oxygens (including phenoxy) is 1. The number of hydrogen-bond donors (Lipinski definition) is 1. The van der Waals surface area contributed by atoms with Gasteiger partial charge in [-0.15, -0.1) is 5.10 Å². The first kappa shape index (κ1) is 27.5. The lowest BCUT2D eigenvalue weighted by Gasteiger charge is -2.40. The zero-order chi connectivity index (χ0) is 29.2. The first-order valence-corrected chi connectivity index (χ1v) is 14.3. The predicted molar refractivity (Wildman–Crippen MR) is 158 cm³/mol. The van der Waals surface area contributed by atoms with Crippen molar-refractivity contribution in [2.75, 3.05) is 44.7 Å². The van der Waals surface area contributed by atoms with Gasteiger partial charge in [0.1, 0.15) is 12.4 Å². The molecule has 11 heteroatoms. The molecule has 0 unspecified atom stereocenters. The van der Waals surface area contributed by atoms with Gasteiger partial charge in [0.2, 0.25) is 5.91 Å². The minimum Gasteiger partial charge on any atom is -0.508 e. The van der Waals surface area contributed by atoms with Crippen LogP contribution in [-0.2, 0) is 11.2 Å². The van der Waals surface area contributed by atoms with E-state index < -0.39 is 0 Å². The number of benzene rings is 2. The monoisotopic (exact) mass is 566 g/mol. The summed E-state index contributed by atoms with van der Waals surface area (Å²) in [4.78, 5) is 28.1. The molecule has 11 nitrogen and oxygen atoms in total. The lowest BCUT2D eigenvalue weighted by atomic mass is 10.00. The van der Waals surface area contributed by atoms with Gasteiger partial charge in [-0.1, -0.05) is 36.9 Å². The second-order valence-corrected chi connectivity index (χ2v) is 10.9. The van der Waals surface area contributed by atoms with E-state index in [1.165, 1.54) is 6.08 Å². The van der Waals surface area contributed by atoms with Crippen LogP contribution in [0.5, 0.6) is 11.8 Å². The van der Waals surface area contributed by atoms with Crippen molar-refractivity contribution in [2.45, 2.75) is 37.8 Å².